The summed E-state index contributed by atoms with van der Waals surface area (Å²) < 4.78 is 11.2. The van der Waals surface area contributed by atoms with E-state index >= 15 is 0 Å². The first-order valence-corrected chi connectivity index (χ1v) is 8.26. The Morgan fingerprint density at radius 2 is 1.96 bits per heavy atom. The highest BCUT2D eigenvalue weighted by Crippen LogP contribution is 2.32. The number of benzene rings is 1. The van der Waals surface area contributed by atoms with Gasteiger partial charge in [-0.05, 0) is 31.9 Å². The lowest BCUT2D eigenvalue weighted by molar-refractivity contribution is -0.121. The number of hydrogen-bond acceptors (Lipinski definition) is 5. The molecule has 1 saturated heterocycles. The monoisotopic (exact) mass is 320 g/mol. The number of amides is 1. The van der Waals surface area contributed by atoms with Gasteiger partial charge in [0.15, 0.2) is 11.5 Å². The van der Waals surface area contributed by atoms with Crippen molar-refractivity contribution in [2.24, 2.45) is 0 Å². The molecule has 6 heteroatoms. The first kappa shape index (κ1) is 16.1. The number of anilines is 1. The fourth-order valence-corrected chi connectivity index (χ4v) is 2.93. The minimum atomic E-state index is -0.233. The van der Waals surface area contributed by atoms with Crippen LogP contribution in [0.1, 0.15) is 26.2 Å². The van der Waals surface area contributed by atoms with E-state index in [4.69, 9.17) is 9.47 Å². The van der Waals surface area contributed by atoms with E-state index in [1.165, 1.54) is 0 Å². The van der Waals surface area contributed by atoms with Gasteiger partial charge in [-0.25, -0.2) is 0 Å². The minimum Gasteiger partial charge on any atom is -0.490 e. The van der Waals surface area contributed by atoms with E-state index in [-0.39, 0.29) is 18.1 Å². The summed E-state index contributed by atoms with van der Waals surface area (Å²) in [5, 5.41) is 12.5. The number of aliphatic hydroxyl groups is 1. The molecule has 3 rings (SSSR count). The van der Waals surface area contributed by atoms with Gasteiger partial charge in [0.1, 0.15) is 0 Å². The minimum absolute atomic E-state index is 0.0455. The largest absolute Gasteiger partial charge is 0.490 e. The van der Waals surface area contributed by atoms with Crippen molar-refractivity contribution < 1.29 is 19.4 Å². The van der Waals surface area contributed by atoms with Gasteiger partial charge in [0, 0.05) is 31.3 Å². The van der Waals surface area contributed by atoms with Crippen LogP contribution in [0.2, 0.25) is 0 Å². The molecule has 23 heavy (non-hydrogen) atoms. The summed E-state index contributed by atoms with van der Waals surface area (Å²) in [6.07, 6.45) is 2.07. The molecule has 1 aromatic rings. The first-order chi connectivity index (χ1) is 11.1. The van der Waals surface area contributed by atoms with E-state index in [1.807, 2.05) is 25.1 Å². The van der Waals surface area contributed by atoms with E-state index in [2.05, 4.69) is 10.2 Å². The Kier molecular flexibility index (Phi) is 5.03. The molecule has 2 aliphatic heterocycles. The fraction of sp³-hybridized carbons (Fsp3) is 0.588. The molecule has 2 N–H and O–H groups in total. The normalized spacial score (nSPS) is 20.6. The molecule has 0 aliphatic carbocycles. The maximum absolute atomic E-state index is 12.4. The molecule has 126 valence electrons. The number of fused-ring (bicyclic) bond motifs is 1. The standard InChI is InChI=1S/C17H24N2O4/c1-12(19-7-5-14(20)6-8-19)17(21)18-13-3-4-15-16(11-13)23-10-2-9-22-15/h3-4,11-12,14,20H,2,5-10H2,1H3,(H,18,21). The lowest BCUT2D eigenvalue weighted by Gasteiger charge is -2.33. The van der Waals surface area contributed by atoms with Crippen LogP contribution in [0.25, 0.3) is 0 Å². The lowest BCUT2D eigenvalue weighted by atomic mass is 10.1. The van der Waals surface area contributed by atoms with Crippen LogP contribution in [0, 0.1) is 0 Å². The second kappa shape index (κ2) is 7.19. The van der Waals surface area contributed by atoms with E-state index < -0.39 is 0 Å². The second-order valence-electron chi connectivity index (χ2n) is 6.14. The highest BCUT2D eigenvalue weighted by atomic mass is 16.5. The van der Waals surface area contributed by atoms with E-state index in [9.17, 15) is 9.90 Å². The number of carbonyl (C=O) groups is 1. The van der Waals surface area contributed by atoms with Crippen LogP contribution in [-0.2, 0) is 4.79 Å². The molecular weight excluding hydrogens is 296 g/mol. The Morgan fingerprint density at radius 1 is 1.26 bits per heavy atom. The third kappa shape index (κ3) is 3.95. The Bertz CT molecular complexity index is 556. The lowest BCUT2D eigenvalue weighted by Crippen LogP contribution is -2.47. The van der Waals surface area contributed by atoms with Gasteiger partial charge < -0.3 is 19.9 Å². The number of piperidine rings is 1. The molecule has 1 amide bonds. The van der Waals surface area contributed by atoms with Crippen molar-refractivity contribution >= 4 is 11.6 Å². The molecule has 0 saturated carbocycles. The zero-order valence-corrected chi connectivity index (χ0v) is 13.5. The quantitative estimate of drug-likeness (QED) is 0.886. The third-order valence-electron chi connectivity index (χ3n) is 4.44. The van der Waals surface area contributed by atoms with Crippen LogP contribution in [0.5, 0.6) is 11.5 Å². The second-order valence-corrected chi connectivity index (χ2v) is 6.14. The molecule has 0 aromatic heterocycles. The van der Waals surface area contributed by atoms with E-state index in [1.54, 1.807) is 0 Å². The van der Waals surface area contributed by atoms with Crippen molar-refractivity contribution in [1.82, 2.24) is 4.90 Å². The average molecular weight is 320 g/mol. The molecule has 1 atom stereocenters. The first-order valence-electron chi connectivity index (χ1n) is 8.26. The number of ether oxygens (including phenoxy) is 2. The van der Waals surface area contributed by atoms with Gasteiger partial charge in [0.05, 0.1) is 25.4 Å². The summed E-state index contributed by atoms with van der Waals surface area (Å²) in [4.78, 5) is 14.5. The number of rotatable bonds is 3. The molecule has 0 radical (unpaired) electrons. The number of aliphatic hydroxyl groups excluding tert-OH is 1. The van der Waals surface area contributed by atoms with Crippen LogP contribution in [0.4, 0.5) is 5.69 Å². The topological polar surface area (TPSA) is 71.0 Å². The maximum Gasteiger partial charge on any atom is 0.241 e. The molecule has 1 unspecified atom stereocenters. The van der Waals surface area contributed by atoms with Gasteiger partial charge in [0.2, 0.25) is 5.91 Å². The van der Waals surface area contributed by atoms with Crippen molar-refractivity contribution in [3.63, 3.8) is 0 Å². The number of likely N-dealkylation sites (tertiary alicyclic amines) is 1. The molecule has 0 bridgehead atoms. The van der Waals surface area contributed by atoms with E-state index in [0.29, 0.717) is 24.7 Å². The highest BCUT2D eigenvalue weighted by Gasteiger charge is 2.26. The number of nitrogens with one attached hydrogen (secondary N) is 1. The summed E-state index contributed by atoms with van der Waals surface area (Å²) in [6, 6.07) is 5.25. The number of hydrogen-bond donors (Lipinski definition) is 2. The summed E-state index contributed by atoms with van der Waals surface area (Å²) in [7, 11) is 0. The Labute approximate surface area is 136 Å². The highest BCUT2D eigenvalue weighted by molar-refractivity contribution is 5.94. The smallest absolute Gasteiger partial charge is 0.241 e. The van der Waals surface area contributed by atoms with Gasteiger partial charge in [-0.15, -0.1) is 0 Å². The number of carbonyl (C=O) groups excluding carboxylic acids is 1. The molecule has 6 nitrogen and oxygen atoms in total. The number of nitrogens with zero attached hydrogens (tertiary/aromatic N) is 1. The molecule has 2 aliphatic rings. The van der Waals surface area contributed by atoms with Gasteiger partial charge in [-0.1, -0.05) is 0 Å². The molecular formula is C17H24N2O4. The van der Waals surface area contributed by atoms with Crippen LogP contribution in [-0.4, -0.2) is 54.4 Å². The van der Waals surface area contributed by atoms with Crippen molar-refractivity contribution in [1.29, 1.82) is 0 Å². The van der Waals surface area contributed by atoms with Crippen molar-refractivity contribution in [2.45, 2.75) is 38.3 Å². The zero-order valence-electron chi connectivity index (χ0n) is 13.5. The molecule has 0 spiro atoms. The van der Waals surface area contributed by atoms with Crippen LogP contribution >= 0.6 is 0 Å². The molecule has 1 aromatic carbocycles. The van der Waals surface area contributed by atoms with Crippen molar-refractivity contribution in [2.75, 3.05) is 31.6 Å². The summed E-state index contributed by atoms with van der Waals surface area (Å²) in [5.41, 5.74) is 0.711. The van der Waals surface area contributed by atoms with Crippen LogP contribution in [0.15, 0.2) is 18.2 Å². The third-order valence-corrected chi connectivity index (χ3v) is 4.44. The molecule has 1 fully saturated rings. The Hall–Kier alpha value is -1.79. The summed E-state index contributed by atoms with van der Waals surface area (Å²) >= 11 is 0. The summed E-state index contributed by atoms with van der Waals surface area (Å²) in [5.74, 6) is 1.35. The predicted molar refractivity (Wildman–Crippen MR) is 87.0 cm³/mol. The zero-order chi connectivity index (χ0) is 16.2. The van der Waals surface area contributed by atoms with E-state index in [0.717, 1.165) is 38.1 Å². The van der Waals surface area contributed by atoms with Gasteiger partial charge in [0.25, 0.3) is 0 Å². The predicted octanol–water partition coefficient (Wildman–Crippen LogP) is 1.63. The SMILES string of the molecule is CC(C(=O)Nc1ccc2c(c1)OCCCO2)N1CCC(O)CC1. The van der Waals surface area contributed by atoms with Crippen molar-refractivity contribution in [3.8, 4) is 11.5 Å². The Balaban J connectivity index is 1.62. The van der Waals surface area contributed by atoms with Crippen molar-refractivity contribution in [3.05, 3.63) is 18.2 Å². The maximum atomic E-state index is 12.4. The Morgan fingerprint density at radius 3 is 2.70 bits per heavy atom. The summed E-state index contributed by atoms with van der Waals surface area (Å²) in [6.45, 7) is 4.66. The van der Waals surface area contributed by atoms with Crippen LogP contribution in [0.3, 0.4) is 0 Å². The van der Waals surface area contributed by atoms with Gasteiger partial charge >= 0.3 is 0 Å². The van der Waals surface area contributed by atoms with Gasteiger partial charge in [-0.2, -0.15) is 0 Å². The average Bonchev–Trinajstić information content (AvgIpc) is 2.79. The molecule has 2 heterocycles. The van der Waals surface area contributed by atoms with Gasteiger partial charge in [-0.3, -0.25) is 9.69 Å². The fourth-order valence-electron chi connectivity index (χ4n) is 2.93. The van der Waals surface area contributed by atoms with Crippen LogP contribution < -0.4 is 14.8 Å².